The van der Waals surface area contributed by atoms with Crippen molar-refractivity contribution in [1.29, 1.82) is 0 Å². The van der Waals surface area contributed by atoms with E-state index in [4.69, 9.17) is 5.90 Å². The molecule has 14 heavy (non-hydrogen) atoms. The number of hydrogen-bond acceptors (Lipinski definition) is 3. The van der Waals surface area contributed by atoms with E-state index in [9.17, 15) is 0 Å². The standard InChI is InChI=1S/C11H24N2O/c1-11(2,3)13-7-4-10(5-8-13)6-9-14-12/h10H,4-9,12H2,1-3H3. The fourth-order valence-electron chi connectivity index (χ4n) is 2.13. The fraction of sp³-hybridized carbons (Fsp3) is 1.00. The van der Waals surface area contributed by atoms with E-state index >= 15 is 0 Å². The highest BCUT2D eigenvalue weighted by atomic mass is 16.6. The molecule has 0 bridgehead atoms. The van der Waals surface area contributed by atoms with Gasteiger partial charge in [-0.1, -0.05) is 0 Å². The molecule has 0 saturated carbocycles. The van der Waals surface area contributed by atoms with Gasteiger partial charge in [0.15, 0.2) is 0 Å². The highest BCUT2D eigenvalue weighted by molar-refractivity contribution is 4.81. The van der Waals surface area contributed by atoms with E-state index in [2.05, 4.69) is 30.5 Å². The van der Waals surface area contributed by atoms with Crippen LogP contribution in [0.5, 0.6) is 0 Å². The lowest BCUT2D eigenvalue weighted by atomic mass is 9.91. The van der Waals surface area contributed by atoms with Gasteiger partial charge in [-0.15, -0.1) is 0 Å². The van der Waals surface area contributed by atoms with Crippen LogP contribution in [0, 0.1) is 5.92 Å². The fourth-order valence-corrected chi connectivity index (χ4v) is 2.13. The maximum atomic E-state index is 5.03. The summed E-state index contributed by atoms with van der Waals surface area (Å²) in [6, 6.07) is 0. The summed E-state index contributed by atoms with van der Waals surface area (Å²) < 4.78 is 0. The normalized spacial score (nSPS) is 21.4. The molecule has 1 fully saturated rings. The van der Waals surface area contributed by atoms with Gasteiger partial charge in [0.2, 0.25) is 0 Å². The molecule has 0 unspecified atom stereocenters. The Kier molecular flexibility index (Phi) is 4.35. The Bertz CT molecular complexity index is 157. The van der Waals surface area contributed by atoms with Crippen molar-refractivity contribution in [3.05, 3.63) is 0 Å². The molecule has 1 aliphatic rings. The van der Waals surface area contributed by atoms with E-state index in [-0.39, 0.29) is 0 Å². The van der Waals surface area contributed by atoms with Crippen LogP contribution in [0.25, 0.3) is 0 Å². The largest absolute Gasteiger partial charge is 0.305 e. The van der Waals surface area contributed by atoms with E-state index in [1.807, 2.05) is 0 Å². The lowest BCUT2D eigenvalue weighted by Gasteiger charge is -2.40. The summed E-state index contributed by atoms with van der Waals surface area (Å²) in [4.78, 5) is 7.19. The average molecular weight is 200 g/mol. The van der Waals surface area contributed by atoms with Crippen LogP contribution in [0.1, 0.15) is 40.0 Å². The van der Waals surface area contributed by atoms with E-state index in [1.54, 1.807) is 0 Å². The highest BCUT2D eigenvalue weighted by Crippen LogP contribution is 2.25. The predicted octanol–water partition coefficient (Wildman–Crippen LogP) is 1.78. The second-order valence-corrected chi connectivity index (χ2v) is 5.26. The smallest absolute Gasteiger partial charge is 0.0681 e. The van der Waals surface area contributed by atoms with Gasteiger partial charge >= 0.3 is 0 Å². The molecule has 1 rings (SSSR count). The van der Waals surface area contributed by atoms with Crippen molar-refractivity contribution in [2.45, 2.75) is 45.6 Å². The number of likely N-dealkylation sites (tertiary alicyclic amines) is 1. The van der Waals surface area contributed by atoms with Crippen LogP contribution in [-0.4, -0.2) is 30.1 Å². The zero-order valence-electron chi connectivity index (χ0n) is 9.75. The molecule has 0 radical (unpaired) electrons. The topological polar surface area (TPSA) is 38.5 Å². The summed E-state index contributed by atoms with van der Waals surface area (Å²) in [5, 5.41) is 0. The maximum absolute atomic E-state index is 5.03. The molecule has 84 valence electrons. The van der Waals surface area contributed by atoms with Crippen LogP contribution >= 0.6 is 0 Å². The van der Waals surface area contributed by atoms with Crippen molar-refractivity contribution < 1.29 is 4.84 Å². The Morgan fingerprint density at radius 3 is 2.29 bits per heavy atom. The summed E-state index contributed by atoms with van der Waals surface area (Å²) in [6.07, 6.45) is 3.70. The molecule has 0 spiro atoms. The van der Waals surface area contributed by atoms with Gasteiger partial charge in [-0.25, -0.2) is 5.90 Å². The molecule has 1 saturated heterocycles. The lowest BCUT2D eigenvalue weighted by molar-refractivity contribution is 0.0668. The monoisotopic (exact) mass is 200 g/mol. The SMILES string of the molecule is CC(C)(C)N1CCC(CCON)CC1. The molecule has 2 N–H and O–H groups in total. The van der Waals surface area contributed by atoms with Crippen molar-refractivity contribution in [2.24, 2.45) is 11.8 Å². The molecule has 3 nitrogen and oxygen atoms in total. The zero-order chi connectivity index (χ0) is 10.6. The Morgan fingerprint density at radius 2 is 1.86 bits per heavy atom. The van der Waals surface area contributed by atoms with Crippen molar-refractivity contribution in [2.75, 3.05) is 19.7 Å². The van der Waals surface area contributed by atoms with Gasteiger partial charge in [0, 0.05) is 5.54 Å². The third kappa shape index (κ3) is 3.56. The van der Waals surface area contributed by atoms with Crippen molar-refractivity contribution in [1.82, 2.24) is 4.90 Å². The molecule has 0 aromatic carbocycles. The number of nitrogens with two attached hydrogens (primary N) is 1. The predicted molar refractivity (Wildman–Crippen MR) is 58.8 cm³/mol. The summed E-state index contributed by atoms with van der Waals surface area (Å²) in [7, 11) is 0. The molecule has 0 aromatic rings. The third-order valence-electron chi connectivity index (χ3n) is 3.21. The minimum absolute atomic E-state index is 0.329. The van der Waals surface area contributed by atoms with E-state index in [1.165, 1.54) is 25.9 Å². The van der Waals surface area contributed by atoms with Gasteiger partial charge in [0.25, 0.3) is 0 Å². The first-order valence-electron chi connectivity index (χ1n) is 5.61. The first-order valence-corrected chi connectivity index (χ1v) is 5.61. The average Bonchev–Trinajstić information content (AvgIpc) is 2.14. The quantitative estimate of drug-likeness (QED) is 0.706. The second kappa shape index (κ2) is 5.10. The van der Waals surface area contributed by atoms with Crippen LogP contribution in [-0.2, 0) is 4.84 Å². The molecular formula is C11H24N2O. The summed E-state index contributed by atoms with van der Waals surface area (Å²) in [5.41, 5.74) is 0.329. The molecular weight excluding hydrogens is 176 g/mol. The third-order valence-corrected chi connectivity index (χ3v) is 3.21. The molecule has 1 aliphatic heterocycles. The Balaban J connectivity index is 2.24. The van der Waals surface area contributed by atoms with Crippen molar-refractivity contribution >= 4 is 0 Å². The van der Waals surface area contributed by atoms with Gasteiger partial charge < -0.3 is 4.84 Å². The van der Waals surface area contributed by atoms with E-state index in [0.717, 1.165) is 12.3 Å². The van der Waals surface area contributed by atoms with Crippen LogP contribution in [0.4, 0.5) is 0 Å². The highest BCUT2D eigenvalue weighted by Gasteiger charge is 2.26. The summed E-state index contributed by atoms with van der Waals surface area (Å²) in [6.45, 7) is 10.0. The van der Waals surface area contributed by atoms with Crippen LogP contribution < -0.4 is 5.90 Å². The van der Waals surface area contributed by atoms with Crippen LogP contribution in [0.3, 0.4) is 0 Å². The van der Waals surface area contributed by atoms with Gasteiger partial charge in [0.1, 0.15) is 0 Å². The number of rotatable bonds is 3. The summed E-state index contributed by atoms with van der Waals surface area (Å²) in [5.74, 6) is 5.85. The number of nitrogens with zero attached hydrogens (tertiary/aromatic N) is 1. The number of hydrogen-bond donors (Lipinski definition) is 1. The molecule has 0 aromatic heterocycles. The second-order valence-electron chi connectivity index (χ2n) is 5.26. The lowest BCUT2D eigenvalue weighted by Crippen LogP contribution is -2.46. The molecule has 0 atom stereocenters. The zero-order valence-corrected chi connectivity index (χ0v) is 9.75. The van der Waals surface area contributed by atoms with Crippen LogP contribution in [0.15, 0.2) is 0 Å². The molecule has 1 heterocycles. The Labute approximate surface area is 87.6 Å². The summed E-state index contributed by atoms with van der Waals surface area (Å²) >= 11 is 0. The van der Waals surface area contributed by atoms with Gasteiger partial charge in [-0.2, -0.15) is 0 Å². The van der Waals surface area contributed by atoms with Crippen molar-refractivity contribution in [3.8, 4) is 0 Å². The number of piperidine rings is 1. The van der Waals surface area contributed by atoms with Gasteiger partial charge in [-0.05, 0) is 59.0 Å². The minimum Gasteiger partial charge on any atom is -0.305 e. The first-order chi connectivity index (χ1) is 6.54. The Morgan fingerprint density at radius 1 is 1.29 bits per heavy atom. The maximum Gasteiger partial charge on any atom is 0.0681 e. The van der Waals surface area contributed by atoms with Crippen LogP contribution in [0.2, 0.25) is 0 Å². The van der Waals surface area contributed by atoms with E-state index < -0.39 is 0 Å². The molecule has 0 aliphatic carbocycles. The first kappa shape index (κ1) is 12.0. The van der Waals surface area contributed by atoms with Gasteiger partial charge in [-0.3, -0.25) is 4.90 Å². The van der Waals surface area contributed by atoms with Gasteiger partial charge in [0.05, 0.1) is 6.61 Å². The molecule has 3 heteroatoms. The Hall–Kier alpha value is -0.120. The van der Waals surface area contributed by atoms with Crippen molar-refractivity contribution in [3.63, 3.8) is 0 Å². The minimum atomic E-state index is 0.329. The molecule has 0 amide bonds. The van der Waals surface area contributed by atoms with E-state index in [0.29, 0.717) is 12.1 Å².